The van der Waals surface area contributed by atoms with Gasteiger partial charge in [0.25, 0.3) is 0 Å². The van der Waals surface area contributed by atoms with Crippen molar-refractivity contribution in [2.45, 2.75) is 32.2 Å². The van der Waals surface area contributed by atoms with E-state index in [4.69, 9.17) is 9.05 Å². The van der Waals surface area contributed by atoms with Crippen LogP contribution in [0.15, 0.2) is 22.4 Å². The summed E-state index contributed by atoms with van der Waals surface area (Å²) in [7, 11) is -3.10. The summed E-state index contributed by atoms with van der Waals surface area (Å²) in [6.07, 6.45) is 1.62. The molecule has 0 aromatic rings. The average Bonchev–Trinajstić information content (AvgIpc) is 2.31. The van der Waals surface area contributed by atoms with Crippen LogP contribution < -0.4 is 0 Å². The molecule has 15 heavy (non-hydrogen) atoms. The summed E-state index contributed by atoms with van der Waals surface area (Å²) < 4.78 is 24.3. The molecule has 1 unspecified atom stereocenters. The summed E-state index contributed by atoms with van der Waals surface area (Å²) in [6, 6.07) is 0. The number of hydrogen-bond donors (Lipinski definition) is 0. The van der Waals surface area contributed by atoms with E-state index in [1.165, 1.54) is 0 Å². The first-order valence-electron chi connectivity index (χ1n) is 4.78. The Kier molecular flexibility index (Phi) is 4.02. The molecule has 0 spiro atoms. The van der Waals surface area contributed by atoms with Gasteiger partial charge in [-0.05, 0) is 0 Å². The summed E-state index contributed by atoms with van der Waals surface area (Å²) in [6.45, 7) is 9.75. The molecule has 0 saturated heterocycles. The van der Waals surface area contributed by atoms with Crippen LogP contribution in [0.5, 0.6) is 0 Å². The van der Waals surface area contributed by atoms with E-state index < -0.39 is 13.2 Å². The Hall–Kier alpha value is 0.149. The van der Waals surface area contributed by atoms with Gasteiger partial charge in [-0.3, -0.25) is 0 Å². The molecule has 0 aliphatic carbocycles. The van der Waals surface area contributed by atoms with E-state index in [0.29, 0.717) is 11.9 Å². The van der Waals surface area contributed by atoms with Gasteiger partial charge in [0.1, 0.15) is 0 Å². The molecular weight excluding hydrogens is 278 g/mol. The first-order chi connectivity index (χ1) is 6.91. The molecule has 1 rings (SSSR count). The maximum absolute atomic E-state index is 12.4. The van der Waals surface area contributed by atoms with Gasteiger partial charge < -0.3 is 0 Å². The van der Waals surface area contributed by atoms with Crippen LogP contribution in [-0.4, -0.2) is 27.2 Å². The average molecular weight is 295 g/mol. The third-order valence-corrected chi connectivity index (χ3v) is 7.10. The molecule has 0 amide bonds. The Morgan fingerprint density at radius 2 is 2.27 bits per heavy atom. The maximum atomic E-state index is 12.4. The normalized spacial score (nSPS) is 29.6. The van der Waals surface area contributed by atoms with E-state index in [1.54, 1.807) is 6.08 Å². The van der Waals surface area contributed by atoms with Crippen molar-refractivity contribution in [3.8, 4) is 0 Å². The summed E-state index contributed by atoms with van der Waals surface area (Å²) in [5.74, 6) is 2.08. The van der Waals surface area contributed by atoms with Gasteiger partial charge in [0.15, 0.2) is 0 Å². The Morgan fingerprint density at radius 3 is 2.67 bits per heavy atom. The van der Waals surface area contributed by atoms with Gasteiger partial charge in [-0.2, -0.15) is 0 Å². The van der Waals surface area contributed by atoms with Crippen molar-refractivity contribution in [1.29, 1.82) is 0 Å². The SMILES string of the molecule is C=CC1=C([Se]C)C(C)(C)OP1(=O)OCC. The Balaban J connectivity index is 3.24. The molecule has 1 aliphatic rings. The van der Waals surface area contributed by atoms with Crippen LogP contribution in [0.3, 0.4) is 0 Å². The van der Waals surface area contributed by atoms with Crippen LogP contribution in [0, 0.1) is 0 Å². The topological polar surface area (TPSA) is 35.5 Å². The molecule has 1 aliphatic heterocycles. The summed E-state index contributed by atoms with van der Waals surface area (Å²) in [5, 5.41) is 0.678. The summed E-state index contributed by atoms with van der Waals surface area (Å²) >= 11 is 0.246. The van der Waals surface area contributed by atoms with Crippen LogP contribution in [-0.2, 0) is 13.6 Å². The molecule has 0 fully saturated rings. The molecule has 3 nitrogen and oxygen atoms in total. The first-order valence-corrected chi connectivity index (χ1v) is 8.89. The van der Waals surface area contributed by atoms with E-state index in [-0.39, 0.29) is 15.0 Å². The second-order valence-corrected chi connectivity index (χ2v) is 7.27. The monoisotopic (exact) mass is 296 g/mol. The third-order valence-electron chi connectivity index (χ3n) is 2.12. The molecule has 0 N–H and O–H groups in total. The first kappa shape index (κ1) is 13.2. The Morgan fingerprint density at radius 1 is 1.67 bits per heavy atom. The molecule has 0 radical (unpaired) electrons. The van der Waals surface area contributed by atoms with Crippen LogP contribution >= 0.6 is 7.60 Å². The van der Waals surface area contributed by atoms with Crippen molar-refractivity contribution in [1.82, 2.24) is 0 Å². The van der Waals surface area contributed by atoms with Crippen LogP contribution in [0.2, 0.25) is 5.82 Å². The minimum atomic E-state index is -3.10. The number of rotatable bonds is 4. The van der Waals surface area contributed by atoms with E-state index in [9.17, 15) is 4.57 Å². The molecule has 1 heterocycles. The summed E-state index contributed by atoms with van der Waals surface area (Å²) in [4.78, 5) is 0. The van der Waals surface area contributed by atoms with E-state index in [2.05, 4.69) is 12.4 Å². The third kappa shape index (κ3) is 2.30. The van der Waals surface area contributed by atoms with Crippen molar-refractivity contribution >= 4 is 22.6 Å². The molecule has 1 atom stereocenters. The molecule has 0 aromatic carbocycles. The number of hydrogen-bond acceptors (Lipinski definition) is 3. The standard InChI is InChI=1S/C10H17O3PSe/c1-6-8-9(15-5)10(3,4)13-14(8,11)12-7-2/h6H,1,7H2,2-5H3. The second kappa shape index (κ2) is 4.57. The predicted molar refractivity (Wildman–Crippen MR) is 63.2 cm³/mol. The van der Waals surface area contributed by atoms with Crippen molar-refractivity contribution in [2.75, 3.05) is 6.61 Å². The van der Waals surface area contributed by atoms with Gasteiger partial charge in [0, 0.05) is 0 Å². The van der Waals surface area contributed by atoms with E-state index in [1.807, 2.05) is 20.8 Å². The number of allylic oxidation sites excluding steroid dienone is 2. The van der Waals surface area contributed by atoms with Gasteiger partial charge >= 0.3 is 97.4 Å². The van der Waals surface area contributed by atoms with Gasteiger partial charge in [-0.1, -0.05) is 0 Å². The van der Waals surface area contributed by atoms with E-state index in [0.717, 1.165) is 4.47 Å². The van der Waals surface area contributed by atoms with Gasteiger partial charge in [0.05, 0.1) is 0 Å². The van der Waals surface area contributed by atoms with Gasteiger partial charge in [-0.15, -0.1) is 0 Å². The van der Waals surface area contributed by atoms with Crippen LogP contribution in [0.4, 0.5) is 0 Å². The molecular formula is C10H17O3PSe. The van der Waals surface area contributed by atoms with Crippen molar-refractivity contribution in [3.63, 3.8) is 0 Å². The zero-order chi connectivity index (χ0) is 11.7. The Labute approximate surface area is 97.6 Å². The van der Waals surface area contributed by atoms with Gasteiger partial charge in [-0.25, -0.2) is 0 Å². The molecule has 0 saturated carbocycles. The van der Waals surface area contributed by atoms with Crippen LogP contribution in [0.25, 0.3) is 0 Å². The molecule has 86 valence electrons. The predicted octanol–water partition coefficient (Wildman–Crippen LogP) is 3.17. The van der Waals surface area contributed by atoms with Crippen LogP contribution in [0.1, 0.15) is 20.8 Å². The van der Waals surface area contributed by atoms with Gasteiger partial charge in [0.2, 0.25) is 0 Å². The molecule has 0 bridgehead atoms. The fourth-order valence-corrected chi connectivity index (χ4v) is 6.76. The van der Waals surface area contributed by atoms with Crippen molar-refractivity contribution in [2.24, 2.45) is 0 Å². The van der Waals surface area contributed by atoms with E-state index >= 15 is 0 Å². The molecule has 0 aromatic heterocycles. The quantitative estimate of drug-likeness (QED) is 0.590. The Bertz CT molecular complexity index is 347. The fraction of sp³-hybridized carbons (Fsp3) is 0.600. The molecule has 5 heteroatoms. The second-order valence-electron chi connectivity index (χ2n) is 3.64. The fourth-order valence-electron chi connectivity index (χ4n) is 1.64. The minimum absolute atomic E-state index is 0.246. The zero-order valence-electron chi connectivity index (χ0n) is 9.57. The van der Waals surface area contributed by atoms with Crippen molar-refractivity contribution < 1.29 is 13.6 Å². The summed E-state index contributed by atoms with van der Waals surface area (Å²) in [5.41, 5.74) is -0.483. The van der Waals surface area contributed by atoms with Crippen molar-refractivity contribution in [3.05, 3.63) is 22.4 Å². The zero-order valence-corrected chi connectivity index (χ0v) is 12.2.